The van der Waals surface area contributed by atoms with Crippen LogP contribution in [0.1, 0.15) is 34.3 Å². The summed E-state index contributed by atoms with van der Waals surface area (Å²) in [6.45, 7) is 6.37. The van der Waals surface area contributed by atoms with Gasteiger partial charge < -0.3 is 14.6 Å². The number of hydrogen-bond donors (Lipinski definition) is 1. The van der Waals surface area contributed by atoms with E-state index in [1.165, 1.54) is 10.1 Å². The number of nitrogens with zero attached hydrogens (tertiary/aromatic N) is 1. The SMILES string of the molecule is Cc1c(-c2cc(C(=O)O)c3c(OCC4CC5(COC5)C4)ccc(C)c3n2)sc2ccccc12. The van der Waals surface area contributed by atoms with Crippen molar-refractivity contribution in [2.75, 3.05) is 19.8 Å². The summed E-state index contributed by atoms with van der Waals surface area (Å²) in [6, 6.07) is 13.8. The van der Waals surface area contributed by atoms with Crippen LogP contribution < -0.4 is 4.74 Å². The average molecular weight is 460 g/mol. The van der Waals surface area contributed by atoms with Crippen molar-refractivity contribution < 1.29 is 19.4 Å². The van der Waals surface area contributed by atoms with Gasteiger partial charge in [-0.05, 0) is 67.3 Å². The molecule has 1 aliphatic carbocycles. The van der Waals surface area contributed by atoms with Crippen molar-refractivity contribution in [1.29, 1.82) is 0 Å². The number of thiophene rings is 1. The number of aromatic nitrogens is 1. The summed E-state index contributed by atoms with van der Waals surface area (Å²) in [6.07, 6.45) is 2.24. The minimum Gasteiger partial charge on any atom is -0.493 e. The molecule has 2 fully saturated rings. The van der Waals surface area contributed by atoms with Crippen LogP contribution in [0.3, 0.4) is 0 Å². The molecule has 0 radical (unpaired) electrons. The predicted octanol–water partition coefficient (Wildman–Crippen LogP) is 6.24. The van der Waals surface area contributed by atoms with E-state index in [-0.39, 0.29) is 5.56 Å². The van der Waals surface area contributed by atoms with Crippen molar-refractivity contribution in [2.24, 2.45) is 11.3 Å². The molecule has 4 aromatic rings. The summed E-state index contributed by atoms with van der Waals surface area (Å²) < 4.78 is 12.7. The fraction of sp³-hybridized carbons (Fsp3) is 0.333. The van der Waals surface area contributed by atoms with Gasteiger partial charge in [-0.15, -0.1) is 11.3 Å². The number of pyridine rings is 1. The third kappa shape index (κ3) is 3.31. The number of ether oxygens (including phenoxy) is 2. The maximum Gasteiger partial charge on any atom is 0.336 e. The van der Waals surface area contributed by atoms with Crippen LogP contribution >= 0.6 is 11.3 Å². The fourth-order valence-electron chi connectivity index (χ4n) is 5.38. The van der Waals surface area contributed by atoms with Gasteiger partial charge >= 0.3 is 5.97 Å². The minimum atomic E-state index is -0.966. The number of carbonyl (C=O) groups is 1. The van der Waals surface area contributed by atoms with Crippen LogP contribution in [0.15, 0.2) is 42.5 Å². The van der Waals surface area contributed by atoms with Crippen molar-refractivity contribution >= 4 is 38.3 Å². The second-order valence-corrected chi connectivity index (χ2v) is 10.6. The molecule has 3 heterocycles. The summed E-state index contributed by atoms with van der Waals surface area (Å²) >= 11 is 1.65. The third-order valence-electron chi connectivity index (χ3n) is 7.17. The molecule has 5 nitrogen and oxygen atoms in total. The number of carboxylic acids is 1. The largest absolute Gasteiger partial charge is 0.493 e. The fourth-order valence-corrected chi connectivity index (χ4v) is 6.55. The Hall–Kier alpha value is -2.96. The molecule has 0 amide bonds. The van der Waals surface area contributed by atoms with E-state index >= 15 is 0 Å². The van der Waals surface area contributed by atoms with E-state index < -0.39 is 5.97 Å². The zero-order valence-electron chi connectivity index (χ0n) is 18.7. The number of carboxylic acid groups (broad SMARTS) is 1. The molecular weight excluding hydrogens is 434 g/mol. The summed E-state index contributed by atoms with van der Waals surface area (Å²) in [5.74, 6) is 0.130. The van der Waals surface area contributed by atoms with Crippen molar-refractivity contribution in [2.45, 2.75) is 26.7 Å². The normalized spacial score (nSPS) is 17.3. The first-order chi connectivity index (χ1) is 15.9. The quantitative estimate of drug-likeness (QED) is 0.383. The van der Waals surface area contributed by atoms with Gasteiger partial charge in [-0.2, -0.15) is 0 Å². The van der Waals surface area contributed by atoms with Gasteiger partial charge in [0.25, 0.3) is 0 Å². The molecule has 2 aromatic carbocycles. The Balaban J connectivity index is 1.41. The number of hydrogen-bond acceptors (Lipinski definition) is 5. The van der Waals surface area contributed by atoms with E-state index in [2.05, 4.69) is 19.1 Å². The van der Waals surface area contributed by atoms with Crippen molar-refractivity contribution in [3.05, 3.63) is 59.2 Å². The molecule has 2 aliphatic rings. The summed E-state index contributed by atoms with van der Waals surface area (Å²) in [4.78, 5) is 18.3. The van der Waals surface area contributed by atoms with Crippen LogP contribution in [0.5, 0.6) is 5.75 Å². The van der Waals surface area contributed by atoms with Crippen molar-refractivity contribution in [1.82, 2.24) is 4.98 Å². The van der Waals surface area contributed by atoms with Gasteiger partial charge in [-0.1, -0.05) is 24.3 Å². The average Bonchev–Trinajstić information content (AvgIpc) is 3.09. The molecule has 33 heavy (non-hydrogen) atoms. The number of fused-ring (bicyclic) bond motifs is 2. The first-order valence-electron chi connectivity index (χ1n) is 11.3. The monoisotopic (exact) mass is 459 g/mol. The Kier molecular flexibility index (Phi) is 4.71. The highest BCUT2D eigenvalue weighted by atomic mass is 32.1. The van der Waals surface area contributed by atoms with Gasteiger partial charge in [0.2, 0.25) is 0 Å². The first-order valence-corrected chi connectivity index (χ1v) is 12.1. The van der Waals surface area contributed by atoms with Crippen LogP contribution in [0.4, 0.5) is 0 Å². The van der Waals surface area contributed by atoms with Gasteiger partial charge in [0.05, 0.1) is 46.9 Å². The summed E-state index contributed by atoms with van der Waals surface area (Å²) in [5.41, 5.74) is 4.08. The maximum absolute atomic E-state index is 12.4. The second-order valence-electron chi connectivity index (χ2n) is 9.59. The van der Waals surface area contributed by atoms with Gasteiger partial charge in [0.1, 0.15) is 5.75 Å². The Morgan fingerprint density at radius 2 is 2.00 bits per heavy atom. The number of benzene rings is 2. The van der Waals surface area contributed by atoms with Gasteiger partial charge in [-0.3, -0.25) is 0 Å². The second kappa shape index (κ2) is 7.54. The lowest BCUT2D eigenvalue weighted by Crippen LogP contribution is -2.53. The molecule has 6 heteroatoms. The highest BCUT2D eigenvalue weighted by Gasteiger charge is 2.49. The first kappa shape index (κ1) is 20.6. The van der Waals surface area contributed by atoms with Crippen LogP contribution in [-0.4, -0.2) is 35.9 Å². The third-order valence-corrected chi connectivity index (χ3v) is 8.46. The smallest absolute Gasteiger partial charge is 0.336 e. The van der Waals surface area contributed by atoms with Crippen molar-refractivity contribution in [3.8, 4) is 16.3 Å². The molecule has 1 aliphatic heterocycles. The molecule has 0 atom stereocenters. The minimum absolute atomic E-state index is 0.239. The molecule has 168 valence electrons. The van der Waals surface area contributed by atoms with Gasteiger partial charge in [0.15, 0.2) is 0 Å². The zero-order valence-corrected chi connectivity index (χ0v) is 19.5. The lowest BCUT2D eigenvalue weighted by Gasteiger charge is -2.53. The topological polar surface area (TPSA) is 68.7 Å². The molecule has 1 spiro atoms. The van der Waals surface area contributed by atoms with Gasteiger partial charge in [-0.25, -0.2) is 9.78 Å². The van der Waals surface area contributed by atoms with E-state index in [0.29, 0.717) is 40.3 Å². The van der Waals surface area contributed by atoms with E-state index in [1.54, 1.807) is 17.4 Å². The Bertz CT molecular complexity index is 1410. The summed E-state index contributed by atoms with van der Waals surface area (Å²) in [7, 11) is 0. The van der Waals surface area contributed by atoms with E-state index in [9.17, 15) is 9.90 Å². The van der Waals surface area contributed by atoms with Gasteiger partial charge in [0, 0.05) is 10.1 Å². The van der Waals surface area contributed by atoms with Crippen LogP contribution in [0, 0.1) is 25.2 Å². The molecule has 1 N–H and O–H groups in total. The molecule has 0 bridgehead atoms. The lowest BCUT2D eigenvalue weighted by molar-refractivity contribution is -0.182. The van der Waals surface area contributed by atoms with Crippen LogP contribution in [0.2, 0.25) is 0 Å². The van der Waals surface area contributed by atoms with E-state index in [4.69, 9.17) is 14.5 Å². The van der Waals surface area contributed by atoms with E-state index in [0.717, 1.165) is 42.1 Å². The molecule has 2 aromatic heterocycles. The molecule has 6 rings (SSSR count). The van der Waals surface area contributed by atoms with Crippen LogP contribution in [0.25, 0.3) is 31.6 Å². The number of aryl methyl sites for hydroxylation is 2. The Labute approximate surface area is 196 Å². The standard InChI is InChI=1S/C27H25NO4S/c1-15-7-8-21(32-12-17-10-27(11-17)13-31-14-27)23-19(26(29)30)9-20(28-24(15)23)25-16(2)18-5-3-4-6-22(18)33-25/h3-9,17H,10-14H2,1-2H3,(H,29,30). The molecule has 1 saturated heterocycles. The van der Waals surface area contributed by atoms with Crippen molar-refractivity contribution in [3.63, 3.8) is 0 Å². The van der Waals surface area contributed by atoms with E-state index in [1.807, 2.05) is 31.2 Å². The Morgan fingerprint density at radius 3 is 2.70 bits per heavy atom. The molecular formula is C27H25NO4S. The molecule has 1 saturated carbocycles. The number of aromatic carboxylic acids is 1. The van der Waals surface area contributed by atoms with Crippen LogP contribution in [-0.2, 0) is 4.74 Å². The highest BCUT2D eigenvalue weighted by Crippen LogP contribution is 2.51. The Morgan fingerprint density at radius 1 is 1.21 bits per heavy atom. The molecule has 0 unspecified atom stereocenters. The lowest BCUT2D eigenvalue weighted by atomic mass is 9.61. The predicted molar refractivity (Wildman–Crippen MR) is 130 cm³/mol. The number of rotatable bonds is 5. The maximum atomic E-state index is 12.4. The zero-order chi connectivity index (χ0) is 22.7. The highest BCUT2D eigenvalue weighted by molar-refractivity contribution is 7.22. The summed E-state index contributed by atoms with van der Waals surface area (Å²) in [5, 5.41) is 11.9.